The third-order valence-corrected chi connectivity index (χ3v) is 6.97. The minimum absolute atomic E-state index is 0.161. The number of hydrogen-bond acceptors (Lipinski definition) is 5. The van der Waals surface area contributed by atoms with Gasteiger partial charge in [0.15, 0.2) is 0 Å². The van der Waals surface area contributed by atoms with Crippen LogP contribution in [0.3, 0.4) is 0 Å². The molecule has 0 aliphatic rings. The van der Waals surface area contributed by atoms with E-state index in [0.717, 1.165) is 0 Å². The third kappa shape index (κ3) is 7.31. The molecule has 0 unspecified atom stereocenters. The molecule has 1 heterocycles. The largest absolute Gasteiger partial charge is 0.469 e. The molecule has 2 atom stereocenters. The predicted octanol–water partition coefficient (Wildman–Crippen LogP) is 6.74. The van der Waals surface area contributed by atoms with E-state index in [0.29, 0.717) is 27.9 Å². The molecule has 4 rings (SSSR count). The second-order valence-corrected chi connectivity index (χ2v) is 10.4. The van der Waals surface area contributed by atoms with Crippen molar-refractivity contribution in [2.24, 2.45) is 0 Å². The highest BCUT2D eigenvalue weighted by Gasteiger charge is 2.30. The fourth-order valence-electron chi connectivity index (χ4n) is 4.99. The fraction of sp³-hybridized carbons (Fsp3) is 0.235. The standard InChI is InChI=1S/C34H32F3NO5/c1-20(2)38-29(17-16-27(39)18-28(40)19-30(41)43-3)31(21-4-10-24(35)11-5-21)32(22-6-12-25(36)13-7-22)33(38)34(42)23-8-14-26(37)15-9-23/h4-17,20,27-28,39-40H,18-19H2,1-3H3/t27-,28-/m1/s1. The highest BCUT2D eigenvalue weighted by Crippen LogP contribution is 2.43. The van der Waals surface area contributed by atoms with Gasteiger partial charge in [0.05, 0.1) is 31.4 Å². The molecule has 0 bridgehead atoms. The molecule has 9 heteroatoms. The van der Waals surface area contributed by atoms with Crippen molar-refractivity contribution in [1.82, 2.24) is 4.57 Å². The Morgan fingerprint density at radius 3 is 1.79 bits per heavy atom. The van der Waals surface area contributed by atoms with E-state index in [4.69, 9.17) is 0 Å². The number of rotatable bonds is 11. The molecule has 0 saturated carbocycles. The first-order valence-corrected chi connectivity index (χ1v) is 13.7. The number of halogens is 3. The fourth-order valence-corrected chi connectivity index (χ4v) is 4.99. The lowest BCUT2D eigenvalue weighted by Crippen LogP contribution is -2.20. The number of ether oxygens (including phenoxy) is 1. The number of aliphatic hydroxyl groups is 2. The highest BCUT2D eigenvalue weighted by molar-refractivity contribution is 6.15. The predicted molar refractivity (Wildman–Crippen MR) is 158 cm³/mol. The smallest absolute Gasteiger partial charge is 0.308 e. The number of carbonyl (C=O) groups excluding carboxylic acids is 2. The Labute approximate surface area is 247 Å². The summed E-state index contributed by atoms with van der Waals surface area (Å²) in [5.41, 5.74) is 2.94. The van der Waals surface area contributed by atoms with Gasteiger partial charge in [0.25, 0.3) is 0 Å². The Bertz CT molecular complexity index is 1610. The molecule has 2 N–H and O–H groups in total. The summed E-state index contributed by atoms with van der Waals surface area (Å²) >= 11 is 0. The summed E-state index contributed by atoms with van der Waals surface area (Å²) in [4.78, 5) is 25.7. The van der Waals surface area contributed by atoms with Gasteiger partial charge in [0.1, 0.15) is 17.5 Å². The highest BCUT2D eigenvalue weighted by atomic mass is 19.1. The Morgan fingerprint density at radius 2 is 1.30 bits per heavy atom. The van der Waals surface area contributed by atoms with Crippen LogP contribution < -0.4 is 0 Å². The molecular weight excluding hydrogens is 559 g/mol. The molecule has 6 nitrogen and oxygen atoms in total. The van der Waals surface area contributed by atoms with Crippen molar-refractivity contribution in [3.05, 3.63) is 113 Å². The van der Waals surface area contributed by atoms with Gasteiger partial charge < -0.3 is 19.5 Å². The van der Waals surface area contributed by atoms with Crippen LogP contribution in [0.15, 0.2) is 78.9 Å². The SMILES string of the molecule is COC(=O)C[C@H](O)C[C@H](O)C=Cc1c(-c2ccc(F)cc2)c(-c2ccc(F)cc2)c(C(=O)c2ccc(F)cc2)n1C(C)C. The lowest BCUT2D eigenvalue weighted by Gasteiger charge is -2.17. The van der Waals surface area contributed by atoms with Crippen LogP contribution in [0.2, 0.25) is 0 Å². The van der Waals surface area contributed by atoms with E-state index in [9.17, 15) is 33.0 Å². The summed E-state index contributed by atoms with van der Waals surface area (Å²) < 4.78 is 48.1. The minimum Gasteiger partial charge on any atom is -0.469 e. The van der Waals surface area contributed by atoms with Gasteiger partial charge in [-0.2, -0.15) is 0 Å². The molecule has 0 fully saturated rings. The maximum absolute atomic E-state index is 14.2. The van der Waals surface area contributed by atoms with Crippen LogP contribution in [0.1, 0.15) is 54.5 Å². The number of hydrogen-bond donors (Lipinski definition) is 2. The van der Waals surface area contributed by atoms with Gasteiger partial charge in [-0.25, -0.2) is 13.2 Å². The summed E-state index contributed by atoms with van der Waals surface area (Å²) in [5, 5.41) is 20.9. The van der Waals surface area contributed by atoms with Crippen molar-refractivity contribution in [2.45, 2.75) is 44.9 Å². The van der Waals surface area contributed by atoms with E-state index in [1.807, 2.05) is 13.8 Å². The molecule has 3 aromatic carbocycles. The number of nitrogens with zero attached hydrogens (tertiary/aromatic N) is 1. The van der Waals surface area contributed by atoms with E-state index >= 15 is 0 Å². The maximum Gasteiger partial charge on any atom is 0.308 e. The number of aliphatic hydroxyl groups excluding tert-OH is 2. The van der Waals surface area contributed by atoms with E-state index in [1.165, 1.54) is 73.8 Å². The Kier molecular flexibility index (Phi) is 10.0. The van der Waals surface area contributed by atoms with E-state index < -0.39 is 41.4 Å². The van der Waals surface area contributed by atoms with E-state index in [1.54, 1.807) is 22.8 Å². The monoisotopic (exact) mass is 591 g/mol. The molecule has 43 heavy (non-hydrogen) atoms. The number of benzene rings is 3. The molecule has 0 aliphatic heterocycles. The molecule has 0 aliphatic carbocycles. The van der Waals surface area contributed by atoms with Crippen molar-refractivity contribution < 1.29 is 37.7 Å². The van der Waals surface area contributed by atoms with Gasteiger partial charge in [-0.1, -0.05) is 30.3 Å². The number of aromatic nitrogens is 1. The van der Waals surface area contributed by atoms with Crippen molar-refractivity contribution in [3.63, 3.8) is 0 Å². The molecule has 4 aromatic rings. The number of methoxy groups -OCH3 is 1. The topological polar surface area (TPSA) is 88.8 Å². The van der Waals surface area contributed by atoms with Crippen LogP contribution in [0.25, 0.3) is 28.3 Å². The van der Waals surface area contributed by atoms with Crippen molar-refractivity contribution in [3.8, 4) is 22.3 Å². The van der Waals surface area contributed by atoms with Gasteiger partial charge in [0, 0.05) is 34.8 Å². The number of ketones is 1. The summed E-state index contributed by atoms with van der Waals surface area (Å²) in [7, 11) is 1.20. The maximum atomic E-state index is 14.2. The first-order chi connectivity index (χ1) is 20.5. The van der Waals surface area contributed by atoms with Crippen molar-refractivity contribution in [2.75, 3.05) is 7.11 Å². The van der Waals surface area contributed by atoms with Crippen molar-refractivity contribution >= 4 is 17.8 Å². The first kappa shape index (κ1) is 31.5. The summed E-state index contributed by atoms with van der Waals surface area (Å²) in [6.07, 6.45) is 0.236. The Morgan fingerprint density at radius 1 is 0.814 bits per heavy atom. The van der Waals surface area contributed by atoms with Gasteiger partial charge in [-0.3, -0.25) is 9.59 Å². The summed E-state index contributed by atoms with van der Waals surface area (Å²) in [6.45, 7) is 3.72. The zero-order valence-electron chi connectivity index (χ0n) is 23.9. The third-order valence-electron chi connectivity index (χ3n) is 6.97. The van der Waals surface area contributed by atoms with E-state index in [-0.39, 0.29) is 30.1 Å². The minimum atomic E-state index is -1.18. The van der Waals surface area contributed by atoms with Crippen molar-refractivity contribution in [1.29, 1.82) is 0 Å². The molecule has 0 amide bonds. The zero-order chi connectivity index (χ0) is 31.3. The van der Waals surface area contributed by atoms with Crippen LogP contribution in [-0.4, -0.2) is 45.9 Å². The summed E-state index contributed by atoms with van der Waals surface area (Å²) in [6, 6.07) is 16.1. The van der Waals surface area contributed by atoms with Gasteiger partial charge in [-0.15, -0.1) is 0 Å². The molecular formula is C34H32F3NO5. The normalized spacial score (nSPS) is 13.0. The number of carbonyl (C=O) groups is 2. The lowest BCUT2D eigenvalue weighted by atomic mass is 9.92. The van der Waals surface area contributed by atoms with Gasteiger partial charge in [-0.05, 0) is 79.6 Å². The second kappa shape index (κ2) is 13.7. The van der Waals surface area contributed by atoms with Crippen LogP contribution in [0.4, 0.5) is 13.2 Å². The zero-order valence-corrected chi connectivity index (χ0v) is 23.9. The molecule has 0 radical (unpaired) electrons. The first-order valence-electron chi connectivity index (χ1n) is 13.7. The van der Waals surface area contributed by atoms with Gasteiger partial charge in [0.2, 0.25) is 5.78 Å². The average Bonchev–Trinajstić information content (AvgIpc) is 3.32. The molecule has 0 spiro atoms. The van der Waals surface area contributed by atoms with Crippen LogP contribution >= 0.6 is 0 Å². The number of esters is 1. The lowest BCUT2D eigenvalue weighted by molar-refractivity contribution is -0.143. The Hall–Kier alpha value is -4.47. The summed E-state index contributed by atoms with van der Waals surface area (Å²) in [5.74, 6) is -2.50. The molecule has 224 valence electrons. The molecule has 0 saturated heterocycles. The average molecular weight is 592 g/mol. The van der Waals surface area contributed by atoms with Crippen LogP contribution in [0.5, 0.6) is 0 Å². The van der Waals surface area contributed by atoms with Crippen LogP contribution in [-0.2, 0) is 9.53 Å². The van der Waals surface area contributed by atoms with E-state index in [2.05, 4.69) is 4.74 Å². The Balaban J connectivity index is 1.99. The second-order valence-electron chi connectivity index (χ2n) is 10.4. The van der Waals surface area contributed by atoms with Crippen LogP contribution in [0, 0.1) is 17.5 Å². The van der Waals surface area contributed by atoms with Gasteiger partial charge >= 0.3 is 5.97 Å². The quantitative estimate of drug-likeness (QED) is 0.149. The molecule has 1 aromatic heterocycles.